The van der Waals surface area contributed by atoms with Crippen molar-refractivity contribution in [1.29, 1.82) is 0 Å². The van der Waals surface area contributed by atoms with Crippen LogP contribution in [0.1, 0.15) is 12.0 Å². The lowest BCUT2D eigenvalue weighted by Crippen LogP contribution is -2.32. The molecule has 16 heavy (non-hydrogen) atoms. The summed E-state index contributed by atoms with van der Waals surface area (Å²) in [5, 5.41) is 3.41. The van der Waals surface area contributed by atoms with Crippen LogP contribution >= 0.6 is 0 Å². The van der Waals surface area contributed by atoms with Crippen molar-refractivity contribution in [3.05, 3.63) is 23.8 Å². The molecule has 0 bridgehead atoms. The van der Waals surface area contributed by atoms with Gasteiger partial charge in [-0.25, -0.2) is 0 Å². The van der Waals surface area contributed by atoms with Crippen molar-refractivity contribution < 1.29 is 9.47 Å². The van der Waals surface area contributed by atoms with E-state index in [2.05, 4.69) is 23.5 Å². The van der Waals surface area contributed by atoms with Gasteiger partial charge in [-0.05, 0) is 25.0 Å². The zero-order valence-electron chi connectivity index (χ0n) is 9.37. The van der Waals surface area contributed by atoms with Crippen molar-refractivity contribution in [2.75, 3.05) is 31.7 Å². The summed E-state index contributed by atoms with van der Waals surface area (Å²) in [5.41, 5.74) is 2.59. The van der Waals surface area contributed by atoms with Crippen molar-refractivity contribution in [1.82, 2.24) is 0 Å². The number of anilines is 1. The van der Waals surface area contributed by atoms with E-state index >= 15 is 0 Å². The Bertz CT molecular complexity index is 374. The van der Waals surface area contributed by atoms with E-state index in [9.17, 15) is 0 Å². The smallest absolute Gasteiger partial charge is 0.124 e. The van der Waals surface area contributed by atoms with Crippen molar-refractivity contribution >= 4 is 5.69 Å². The molecular formula is C13H17NO2. The maximum absolute atomic E-state index is 5.89. The average Bonchev–Trinajstić information content (AvgIpc) is 2.27. The zero-order chi connectivity index (χ0) is 10.8. The van der Waals surface area contributed by atoms with Gasteiger partial charge in [-0.3, -0.25) is 0 Å². The fraction of sp³-hybridized carbons (Fsp3) is 0.538. The van der Waals surface area contributed by atoms with Crippen molar-refractivity contribution in [3.8, 4) is 5.75 Å². The molecule has 3 heteroatoms. The predicted octanol–water partition coefficient (Wildman–Crippen LogP) is 2.07. The van der Waals surface area contributed by atoms with Gasteiger partial charge in [0, 0.05) is 23.7 Å². The number of hydrogen-bond acceptors (Lipinski definition) is 3. The van der Waals surface area contributed by atoms with Crippen LogP contribution in [0.2, 0.25) is 0 Å². The lowest BCUT2D eigenvalue weighted by Gasteiger charge is -2.27. The quantitative estimate of drug-likeness (QED) is 0.844. The van der Waals surface area contributed by atoms with Gasteiger partial charge in [-0.2, -0.15) is 0 Å². The Labute approximate surface area is 95.8 Å². The molecule has 0 radical (unpaired) electrons. The summed E-state index contributed by atoms with van der Waals surface area (Å²) in [6.07, 6.45) is 2.32. The van der Waals surface area contributed by atoms with Crippen LogP contribution in [-0.2, 0) is 11.2 Å². The highest BCUT2D eigenvalue weighted by molar-refractivity contribution is 5.59. The van der Waals surface area contributed by atoms with Crippen LogP contribution in [0.25, 0.3) is 0 Å². The Balaban J connectivity index is 1.72. The summed E-state index contributed by atoms with van der Waals surface area (Å²) in [4.78, 5) is 0. The molecule has 3 nitrogen and oxygen atoms in total. The molecular weight excluding hydrogens is 202 g/mol. The van der Waals surface area contributed by atoms with Crippen LogP contribution in [-0.4, -0.2) is 26.4 Å². The molecule has 0 amide bonds. The van der Waals surface area contributed by atoms with Crippen LogP contribution in [0.15, 0.2) is 18.2 Å². The Morgan fingerprint density at radius 1 is 1.38 bits per heavy atom. The van der Waals surface area contributed by atoms with Crippen molar-refractivity contribution in [2.45, 2.75) is 12.8 Å². The molecule has 2 aliphatic rings. The van der Waals surface area contributed by atoms with Gasteiger partial charge < -0.3 is 14.8 Å². The zero-order valence-corrected chi connectivity index (χ0v) is 9.37. The highest BCUT2D eigenvalue weighted by Crippen LogP contribution is 2.31. The van der Waals surface area contributed by atoms with Crippen LogP contribution in [0.4, 0.5) is 5.69 Å². The standard InChI is InChI=1S/C13H17NO2/c1-4-12-11(3-2-6-14-12)13(5-1)16-9-10-7-15-8-10/h1,4-5,10,14H,2-3,6-9H2. The summed E-state index contributed by atoms with van der Waals surface area (Å²) in [6.45, 7) is 3.57. The third-order valence-corrected chi connectivity index (χ3v) is 3.23. The average molecular weight is 219 g/mol. The van der Waals surface area contributed by atoms with Crippen molar-refractivity contribution in [2.24, 2.45) is 5.92 Å². The second-order valence-electron chi connectivity index (χ2n) is 4.53. The Kier molecular flexibility index (Phi) is 2.70. The fourth-order valence-electron chi connectivity index (χ4n) is 2.20. The highest BCUT2D eigenvalue weighted by Gasteiger charge is 2.20. The summed E-state index contributed by atoms with van der Waals surface area (Å²) in [7, 11) is 0. The minimum atomic E-state index is 0.590. The number of hydrogen-bond donors (Lipinski definition) is 1. The second-order valence-corrected chi connectivity index (χ2v) is 4.53. The first-order valence-corrected chi connectivity index (χ1v) is 6.00. The van der Waals surface area contributed by atoms with E-state index in [4.69, 9.17) is 9.47 Å². The molecule has 0 unspecified atom stereocenters. The van der Waals surface area contributed by atoms with Crippen LogP contribution in [0.5, 0.6) is 5.75 Å². The molecule has 2 heterocycles. The van der Waals surface area contributed by atoms with Gasteiger partial charge in [-0.1, -0.05) is 6.07 Å². The topological polar surface area (TPSA) is 30.5 Å². The molecule has 1 saturated heterocycles. The molecule has 0 saturated carbocycles. The fourth-order valence-corrected chi connectivity index (χ4v) is 2.20. The third kappa shape index (κ3) is 1.87. The Hall–Kier alpha value is -1.22. The maximum atomic E-state index is 5.89. The largest absolute Gasteiger partial charge is 0.493 e. The molecule has 86 valence electrons. The van der Waals surface area contributed by atoms with Gasteiger partial charge in [0.1, 0.15) is 5.75 Å². The van der Waals surface area contributed by atoms with E-state index in [1.165, 1.54) is 17.7 Å². The first-order chi connectivity index (χ1) is 7.93. The molecule has 3 rings (SSSR count). The summed E-state index contributed by atoms with van der Waals surface area (Å²) >= 11 is 0. The van der Waals surface area contributed by atoms with E-state index in [1.54, 1.807) is 0 Å². The maximum Gasteiger partial charge on any atom is 0.124 e. The number of benzene rings is 1. The molecule has 0 spiro atoms. The molecule has 1 N–H and O–H groups in total. The minimum absolute atomic E-state index is 0.590. The molecule has 1 aromatic rings. The first kappa shape index (κ1) is 9.97. The van der Waals surface area contributed by atoms with Crippen molar-refractivity contribution in [3.63, 3.8) is 0 Å². The van der Waals surface area contributed by atoms with Gasteiger partial charge in [-0.15, -0.1) is 0 Å². The molecule has 2 aliphatic heterocycles. The lowest BCUT2D eigenvalue weighted by molar-refractivity contribution is -0.0509. The highest BCUT2D eigenvalue weighted by atomic mass is 16.5. The van der Waals surface area contributed by atoms with Crippen LogP contribution in [0.3, 0.4) is 0 Å². The monoisotopic (exact) mass is 219 g/mol. The van der Waals surface area contributed by atoms with Gasteiger partial charge in [0.2, 0.25) is 0 Å². The first-order valence-electron chi connectivity index (χ1n) is 6.00. The molecule has 1 aromatic carbocycles. The van der Waals surface area contributed by atoms with E-state index in [0.717, 1.165) is 38.5 Å². The minimum Gasteiger partial charge on any atom is -0.493 e. The summed E-state index contributed by atoms with van der Waals surface area (Å²) in [5.74, 6) is 1.64. The second kappa shape index (κ2) is 4.34. The van der Waals surface area contributed by atoms with Gasteiger partial charge in [0.05, 0.1) is 19.8 Å². The lowest BCUT2D eigenvalue weighted by atomic mass is 10.0. The normalized spacial score (nSPS) is 19.5. The van der Waals surface area contributed by atoms with E-state index in [1.807, 2.05) is 0 Å². The van der Waals surface area contributed by atoms with Crippen LogP contribution < -0.4 is 10.1 Å². The summed E-state index contributed by atoms with van der Waals surface area (Å²) < 4.78 is 11.0. The van der Waals surface area contributed by atoms with E-state index < -0.39 is 0 Å². The Morgan fingerprint density at radius 3 is 3.12 bits per heavy atom. The van der Waals surface area contributed by atoms with E-state index in [-0.39, 0.29) is 0 Å². The Morgan fingerprint density at radius 2 is 2.31 bits per heavy atom. The van der Waals surface area contributed by atoms with Gasteiger partial charge in [0.15, 0.2) is 0 Å². The SMILES string of the molecule is c1cc2c(c(OCC3COC3)c1)CCCN2. The van der Waals surface area contributed by atoms with Crippen LogP contribution in [0, 0.1) is 5.92 Å². The number of fused-ring (bicyclic) bond motifs is 1. The van der Waals surface area contributed by atoms with E-state index in [0.29, 0.717) is 5.92 Å². The number of ether oxygens (including phenoxy) is 2. The third-order valence-electron chi connectivity index (χ3n) is 3.23. The molecule has 0 aliphatic carbocycles. The summed E-state index contributed by atoms with van der Waals surface area (Å²) in [6, 6.07) is 6.27. The molecule has 1 fully saturated rings. The predicted molar refractivity (Wildman–Crippen MR) is 63.1 cm³/mol. The molecule has 0 atom stereocenters. The van der Waals surface area contributed by atoms with Gasteiger partial charge in [0.25, 0.3) is 0 Å². The molecule has 0 aromatic heterocycles. The number of rotatable bonds is 3. The van der Waals surface area contributed by atoms with Gasteiger partial charge >= 0.3 is 0 Å². The number of nitrogens with one attached hydrogen (secondary N) is 1.